The molecule has 4 rings (SSSR count). The molecule has 0 aliphatic carbocycles. The first-order chi connectivity index (χ1) is 14.1. The van der Waals surface area contributed by atoms with Crippen LogP contribution in [0.3, 0.4) is 0 Å². The first kappa shape index (κ1) is 19.2. The normalized spacial score (nSPS) is 18.2. The van der Waals surface area contributed by atoms with Crippen molar-refractivity contribution in [3.05, 3.63) is 71.3 Å². The monoisotopic (exact) mass is 392 g/mol. The van der Waals surface area contributed by atoms with Gasteiger partial charge in [-0.3, -0.25) is 19.7 Å². The number of hydroxylamine groups is 1. The topological polar surface area (TPSA) is 93.7 Å². The molecule has 7 nitrogen and oxygen atoms in total. The van der Waals surface area contributed by atoms with Crippen LogP contribution >= 0.6 is 0 Å². The average Bonchev–Trinajstić information content (AvgIpc) is 2.75. The van der Waals surface area contributed by atoms with E-state index in [1.165, 1.54) is 11.6 Å². The van der Waals surface area contributed by atoms with Crippen LogP contribution in [0.1, 0.15) is 34.3 Å². The maximum Gasteiger partial charge on any atom is 0.267 e. The van der Waals surface area contributed by atoms with Gasteiger partial charge in [0.2, 0.25) is 0 Å². The van der Waals surface area contributed by atoms with E-state index >= 15 is 0 Å². The summed E-state index contributed by atoms with van der Waals surface area (Å²) in [5.41, 5.74) is 4.47. The summed E-state index contributed by atoms with van der Waals surface area (Å²) in [4.78, 5) is 26.3. The van der Waals surface area contributed by atoms with Crippen LogP contribution in [0.5, 0.6) is 0 Å². The zero-order valence-electron chi connectivity index (χ0n) is 16.0. The number of hydrogen-bond donors (Lipinski definition) is 4. The Hall–Kier alpha value is -3.16. The Bertz CT molecular complexity index is 934. The zero-order chi connectivity index (χ0) is 20.3. The van der Waals surface area contributed by atoms with Crippen LogP contribution in [0.4, 0.5) is 5.69 Å². The summed E-state index contributed by atoms with van der Waals surface area (Å²) in [5.74, 6) is -0.733. The maximum atomic E-state index is 12.8. The fraction of sp³-hybridized carbons (Fsp3) is 0.273. The van der Waals surface area contributed by atoms with Gasteiger partial charge >= 0.3 is 0 Å². The van der Waals surface area contributed by atoms with Gasteiger partial charge in [0.25, 0.3) is 11.8 Å². The summed E-state index contributed by atoms with van der Waals surface area (Å²) in [6, 6.07) is 15.8. The molecule has 1 fully saturated rings. The van der Waals surface area contributed by atoms with Gasteiger partial charge in [0.1, 0.15) is 5.66 Å². The summed E-state index contributed by atoms with van der Waals surface area (Å²) >= 11 is 0. The van der Waals surface area contributed by atoms with Crippen molar-refractivity contribution < 1.29 is 14.8 Å². The molecule has 150 valence electrons. The second kappa shape index (κ2) is 8.06. The number of benzene rings is 2. The second-order valence-electron chi connectivity index (χ2n) is 7.54. The van der Waals surface area contributed by atoms with Crippen LogP contribution in [-0.2, 0) is 11.3 Å². The van der Waals surface area contributed by atoms with Gasteiger partial charge in [0.15, 0.2) is 0 Å². The van der Waals surface area contributed by atoms with E-state index in [2.05, 4.69) is 39.8 Å². The molecular formula is C22H24N4O3. The summed E-state index contributed by atoms with van der Waals surface area (Å²) < 4.78 is 0. The Balaban J connectivity index is 1.43. The van der Waals surface area contributed by atoms with E-state index < -0.39 is 11.6 Å². The highest BCUT2D eigenvalue weighted by Gasteiger charge is 2.40. The number of nitrogens with one attached hydrogen (secondary N) is 3. The van der Waals surface area contributed by atoms with E-state index in [0.29, 0.717) is 11.1 Å². The molecule has 0 radical (unpaired) electrons. The highest BCUT2D eigenvalue weighted by molar-refractivity contribution is 6.03. The third-order valence-electron chi connectivity index (χ3n) is 5.51. The number of rotatable bonds is 4. The Morgan fingerprint density at radius 1 is 1.14 bits per heavy atom. The third-order valence-corrected chi connectivity index (χ3v) is 5.51. The number of likely N-dealkylation sites (tertiary alicyclic amines) is 1. The van der Waals surface area contributed by atoms with E-state index in [4.69, 9.17) is 5.21 Å². The van der Waals surface area contributed by atoms with Crippen molar-refractivity contribution in [1.82, 2.24) is 15.7 Å². The molecular weight excluding hydrogens is 368 g/mol. The zero-order valence-corrected chi connectivity index (χ0v) is 16.0. The molecule has 2 aromatic carbocycles. The van der Waals surface area contributed by atoms with E-state index in [1.54, 1.807) is 17.6 Å². The molecule has 0 unspecified atom stereocenters. The molecule has 2 heterocycles. The Morgan fingerprint density at radius 3 is 2.62 bits per heavy atom. The van der Waals surface area contributed by atoms with Crippen molar-refractivity contribution in [3.8, 4) is 0 Å². The first-order valence-electron chi connectivity index (χ1n) is 9.70. The van der Waals surface area contributed by atoms with Gasteiger partial charge in [-0.2, -0.15) is 0 Å². The molecule has 29 heavy (non-hydrogen) atoms. The molecule has 7 heteroatoms. The molecule has 2 amide bonds. The maximum absolute atomic E-state index is 12.8. The number of hydrogen-bond acceptors (Lipinski definition) is 5. The van der Waals surface area contributed by atoms with Crippen molar-refractivity contribution in [1.29, 1.82) is 0 Å². The summed E-state index contributed by atoms with van der Waals surface area (Å²) in [7, 11) is 0. The van der Waals surface area contributed by atoms with Crippen LogP contribution in [-0.4, -0.2) is 40.7 Å². The van der Waals surface area contributed by atoms with Crippen LogP contribution in [0.25, 0.3) is 6.08 Å². The molecule has 0 aromatic heterocycles. The SMILES string of the molecule is O=C(/C=C/c1ccc2c(c1)C(=O)NC1(CCN(Cc3ccccc3)CC1)N2)NO. The predicted octanol–water partition coefficient (Wildman–Crippen LogP) is 2.35. The fourth-order valence-corrected chi connectivity index (χ4v) is 3.93. The Labute approximate surface area is 169 Å². The second-order valence-corrected chi connectivity index (χ2v) is 7.54. The van der Waals surface area contributed by atoms with Crippen molar-refractivity contribution in [3.63, 3.8) is 0 Å². The molecule has 0 saturated carbocycles. The molecule has 1 spiro atoms. The number of carbonyl (C=O) groups is 2. The summed E-state index contributed by atoms with van der Waals surface area (Å²) in [6.45, 7) is 2.71. The van der Waals surface area contributed by atoms with Crippen LogP contribution in [0.2, 0.25) is 0 Å². The first-order valence-corrected chi connectivity index (χ1v) is 9.70. The Kier molecular flexibility index (Phi) is 5.33. The van der Waals surface area contributed by atoms with Gasteiger partial charge in [-0.15, -0.1) is 0 Å². The standard InChI is InChI=1S/C22H24N4O3/c27-20(25-29)9-7-16-6-8-19-18(14-16)21(28)24-22(23-19)10-12-26(13-11-22)15-17-4-2-1-3-5-17/h1-9,14,23,29H,10-13,15H2,(H,24,28)(H,25,27)/b9-7+. The number of fused-ring (bicyclic) bond motifs is 1. The number of anilines is 1. The fourth-order valence-electron chi connectivity index (χ4n) is 3.93. The Morgan fingerprint density at radius 2 is 1.90 bits per heavy atom. The predicted molar refractivity (Wildman–Crippen MR) is 110 cm³/mol. The number of carbonyl (C=O) groups excluding carboxylic acids is 2. The van der Waals surface area contributed by atoms with Gasteiger partial charge in [0, 0.05) is 44.2 Å². The van der Waals surface area contributed by atoms with Crippen LogP contribution < -0.4 is 16.1 Å². The lowest BCUT2D eigenvalue weighted by molar-refractivity contribution is -0.124. The van der Waals surface area contributed by atoms with Gasteiger partial charge in [-0.25, -0.2) is 5.48 Å². The quantitative estimate of drug-likeness (QED) is 0.364. The van der Waals surface area contributed by atoms with Crippen LogP contribution in [0.15, 0.2) is 54.6 Å². The van der Waals surface area contributed by atoms with Gasteiger partial charge in [0.05, 0.1) is 5.56 Å². The van der Waals surface area contributed by atoms with E-state index in [-0.39, 0.29) is 5.91 Å². The molecule has 4 N–H and O–H groups in total. The van der Waals surface area contributed by atoms with Crippen molar-refractivity contribution >= 4 is 23.6 Å². The molecule has 0 bridgehead atoms. The largest absolute Gasteiger partial charge is 0.362 e. The smallest absolute Gasteiger partial charge is 0.267 e. The summed E-state index contributed by atoms with van der Waals surface area (Å²) in [5, 5.41) is 15.2. The molecule has 2 aliphatic heterocycles. The minimum Gasteiger partial charge on any atom is -0.362 e. The lowest BCUT2D eigenvalue weighted by Gasteiger charge is -2.46. The van der Waals surface area contributed by atoms with Crippen molar-refractivity contribution in [2.24, 2.45) is 0 Å². The molecule has 2 aromatic rings. The molecule has 1 saturated heterocycles. The number of amides is 2. The van der Waals surface area contributed by atoms with E-state index in [9.17, 15) is 9.59 Å². The minimum absolute atomic E-state index is 0.114. The number of nitrogens with zero attached hydrogens (tertiary/aromatic N) is 1. The molecule has 0 atom stereocenters. The summed E-state index contributed by atoms with van der Waals surface area (Å²) in [6.07, 6.45) is 4.40. The average molecular weight is 392 g/mol. The lowest BCUT2D eigenvalue weighted by Crippen LogP contribution is -2.62. The third kappa shape index (κ3) is 4.31. The molecule has 2 aliphatic rings. The van der Waals surface area contributed by atoms with Gasteiger partial charge in [-0.1, -0.05) is 36.4 Å². The van der Waals surface area contributed by atoms with Gasteiger partial charge < -0.3 is 10.6 Å². The van der Waals surface area contributed by atoms with Crippen molar-refractivity contribution in [2.45, 2.75) is 25.0 Å². The minimum atomic E-state index is -0.619. The highest BCUT2D eigenvalue weighted by Crippen LogP contribution is 2.32. The highest BCUT2D eigenvalue weighted by atomic mass is 16.5. The van der Waals surface area contributed by atoms with Crippen LogP contribution in [0, 0.1) is 0 Å². The van der Waals surface area contributed by atoms with E-state index in [1.807, 2.05) is 18.2 Å². The van der Waals surface area contributed by atoms with E-state index in [0.717, 1.165) is 38.2 Å². The van der Waals surface area contributed by atoms with Crippen molar-refractivity contribution in [2.75, 3.05) is 18.4 Å². The van der Waals surface area contributed by atoms with Gasteiger partial charge in [-0.05, 0) is 29.3 Å². The number of piperidine rings is 1. The lowest BCUT2D eigenvalue weighted by atomic mass is 9.91.